The number of anilines is 2. The van der Waals surface area contributed by atoms with E-state index in [0.29, 0.717) is 6.42 Å². The van der Waals surface area contributed by atoms with Gasteiger partial charge < -0.3 is 15.5 Å². The quantitative estimate of drug-likeness (QED) is 0.898. The Bertz CT molecular complexity index is 508. The summed E-state index contributed by atoms with van der Waals surface area (Å²) in [6.07, 6.45) is 4.75. The maximum absolute atomic E-state index is 12.7. The van der Waals surface area contributed by atoms with Gasteiger partial charge >= 0.3 is 0 Å². The summed E-state index contributed by atoms with van der Waals surface area (Å²) in [6.45, 7) is 1.63. The van der Waals surface area contributed by atoms with Crippen molar-refractivity contribution < 1.29 is 4.79 Å². The molecule has 1 amide bonds. The zero-order chi connectivity index (χ0) is 14.2. The number of fused-ring (bicyclic) bond motifs is 1. The summed E-state index contributed by atoms with van der Waals surface area (Å²) in [5, 5.41) is 0. The molecule has 0 spiro atoms. The molecule has 2 aliphatic rings. The van der Waals surface area contributed by atoms with Crippen LogP contribution in [-0.4, -0.2) is 31.6 Å². The van der Waals surface area contributed by atoms with Crippen LogP contribution in [-0.2, 0) is 4.79 Å². The van der Waals surface area contributed by atoms with Crippen LogP contribution in [0, 0.1) is 0 Å². The molecule has 1 saturated carbocycles. The molecule has 0 unspecified atom stereocenters. The molecule has 0 saturated heterocycles. The van der Waals surface area contributed by atoms with Crippen molar-refractivity contribution in [1.29, 1.82) is 0 Å². The summed E-state index contributed by atoms with van der Waals surface area (Å²) in [5.41, 5.74) is 8.24. The number of carbonyl (C=O) groups excluding carboxylic acids is 1. The Morgan fingerprint density at radius 1 is 1.20 bits per heavy atom. The Labute approximate surface area is 120 Å². The van der Waals surface area contributed by atoms with Crippen molar-refractivity contribution in [3.63, 3.8) is 0 Å². The fraction of sp³-hybridized carbons (Fsp3) is 0.562. The maximum Gasteiger partial charge on any atom is 0.228 e. The molecule has 0 bridgehead atoms. The number of para-hydroxylation sites is 2. The summed E-state index contributed by atoms with van der Waals surface area (Å²) in [4.78, 5) is 16.8. The molecule has 0 radical (unpaired) electrons. The summed E-state index contributed by atoms with van der Waals surface area (Å²) in [7, 11) is 2.07. The molecule has 1 aromatic rings. The molecule has 2 N–H and O–H groups in total. The van der Waals surface area contributed by atoms with Crippen molar-refractivity contribution in [3.8, 4) is 0 Å². The molecule has 4 nitrogen and oxygen atoms in total. The van der Waals surface area contributed by atoms with E-state index in [9.17, 15) is 4.79 Å². The van der Waals surface area contributed by atoms with E-state index in [1.54, 1.807) is 0 Å². The Balaban J connectivity index is 1.80. The summed E-state index contributed by atoms with van der Waals surface area (Å²) >= 11 is 0. The zero-order valence-corrected chi connectivity index (χ0v) is 12.1. The van der Waals surface area contributed by atoms with Crippen LogP contribution in [0.2, 0.25) is 0 Å². The third-order valence-corrected chi connectivity index (χ3v) is 4.65. The van der Waals surface area contributed by atoms with Crippen LogP contribution in [0.3, 0.4) is 0 Å². The monoisotopic (exact) mass is 273 g/mol. The normalized spacial score (nSPS) is 20.9. The lowest BCUT2D eigenvalue weighted by molar-refractivity contribution is -0.119. The van der Waals surface area contributed by atoms with E-state index in [0.717, 1.165) is 50.1 Å². The summed E-state index contributed by atoms with van der Waals surface area (Å²) in [6, 6.07) is 8.11. The van der Waals surface area contributed by atoms with Crippen molar-refractivity contribution in [2.75, 3.05) is 29.9 Å². The van der Waals surface area contributed by atoms with Gasteiger partial charge in [0.15, 0.2) is 0 Å². The van der Waals surface area contributed by atoms with Gasteiger partial charge in [0, 0.05) is 32.1 Å². The number of carbonyl (C=O) groups is 1. The fourth-order valence-corrected chi connectivity index (χ4v) is 3.42. The highest BCUT2D eigenvalue weighted by Crippen LogP contribution is 2.35. The number of amides is 1. The standard InChI is InChI=1S/C16H23N3O/c1-18-10-11-19(14-7-3-2-6-13(14)18)15(20)12-16(17)8-4-5-9-16/h2-3,6-7H,4-5,8-12,17H2,1H3. The van der Waals surface area contributed by atoms with E-state index in [1.807, 2.05) is 23.1 Å². The van der Waals surface area contributed by atoms with Crippen LogP contribution < -0.4 is 15.5 Å². The lowest BCUT2D eigenvalue weighted by Crippen LogP contribution is -2.47. The molecule has 1 aromatic carbocycles. The van der Waals surface area contributed by atoms with Crippen LogP contribution in [0.15, 0.2) is 24.3 Å². The number of nitrogens with two attached hydrogens (primary N) is 1. The highest BCUT2D eigenvalue weighted by molar-refractivity contribution is 5.98. The predicted octanol–water partition coefficient (Wildman–Crippen LogP) is 2.13. The Morgan fingerprint density at radius 3 is 2.55 bits per heavy atom. The van der Waals surface area contributed by atoms with Gasteiger partial charge in [-0.15, -0.1) is 0 Å². The molecule has 1 fully saturated rings. The lowest BCUT2D eigenvalue weighted by Gasteiger charge is -2.37. The minimum atomic E-state index is -0.268. The van der Waals surface area contributed by atoms with E-state index in [1.165, 1.54) is 0 Å². The first-order valence-corrected chi connectivity index (χ1v) is 7.48. The molecule has 0 atom stereocenters. The molecule has 3 rings (SSSR count). The zero-order valence-electron chi connectivity index (χ0n) is 12.1. The van der Waals surface area contributed by atoms with E-state index in [2.05, 4.69) is 18.0 Å². The highest BCUT2D eigenvalue weighted by atomic mass is 16.2. The van der Waals surface area contributed by atoms with Gasteiger partial charge in [0.1, 0.15) is 0 Å². The predicted molar refractivity (Wildman–Crippen MR) is 82.1 cm³/mol. The number of hydrogen-bond donors (Lipinski definition) is 1. The number of nitrogens with zero attached hydrogens (tertiary/aromatic N) is 2. The largest absolute Gasteiger partial charge is 0.371 e. The first-order chi connectivity index (χ1) is 9.59. The second-order valence-electron chi connectivity index (χ2n) is 6.20. The molecular weight excluding hydrogens is 250 g/mol. The Kier molecular flexibility index (Phi) is 3.42. The Hall–Kier alpha value is -1.55. The maximum atomic E-state index is 12.7. The first-order valence-electron chi connectivity index (χ1n) is 7.48. The van der Waals surface area contributed by atoms with Gasteiger partial charge in [-0.25, -0.2) is 0 Å². The van der Waals surface area contributed by atoms with E-state index >= 15 is 0 Å². The second kappa shape index (κ2) is 5.09. The third-order valence-electron chi connectivity index (χ3n) is 4.65. The molecule has 1 aliphatic heterocycles. The van der Waals surface area contributed by atoms with Crippen molar-refractivity contribution in [1.82, 2.24) is 0 Å². The summed E-state index contributed by atoms with van der Waals surface area (Å²) < 4.78 is 0. The molecule has 108 valence electrons. The first kappa shape index (κ1) is 13.4. The van der Waals surface area contributed by atoms with E-state index in [4.69, 9.17) is 5.73 Å². The molecular formula is C16H23N3O. The van der Waals surface area contributed by atoms with Gasteiger partial charge in [-0.05, 0) is 25.0 Å². The number of benzene rings is 1. The average Bonchev–Trinajstić information content (AvgIpc) is 2.86. The van der Waals surface area contributed by atoms with E-state index < -0.39 is 0 Å². The highest BCUT2D eigenvalue weighted by Gasteiger charge is 2.35. The van der Waals surface area contributed by atoms with Crippen molar-refractivity contribution in [3.05, 3.63) is 24.3 Å². The van der Waals surface area contributed by atoms with Crippen LogP contribution in [0.25, 0.3) is 0 Å². The second-order valence-corrected chi connectivity index (χ2v) is 6.20. The SMILES string of the molecule is CN1CCN(C(=O)CC2(N)CCCC2)c2ccccc21. The lowest BCUT2D eigenvalue weighted by atomic mass is 9.93. The minimum Gasteiger partial charge on any atom is -0.371 e. The van der Waals surface area contributed by atoms with E-state index in [-0.39, 0.29) is 11.4 Å². The van der Waals surface area contributed by atoms with Crippen LogP contribution in [0.4, 0.5) is 11.4 Å². The average molecular weight is 273 g/mol. The summed E-state index contributed by atoms with van der Waals surface area (Å²) in [5.74, 6) is 0.176. The molecule has 20 heavy (non-hydrogen) atoms. The van der Waals surface area contributed by atoms with Crippen LogP contribution in [0.5, 0.6) is 0 Å². The Morgan fingerprint density at radius 2 is 1.85 bits per heavy atom. The molecule has 1 aliphatic carbocycles. The van der Waals surface area contributed by atoms with Gasteiger partial charge in [-0.3, -0.25) is 4.79 Å². The van der Waals surface area contributed by atoms with Crippen molar-refractivity contribution in [2.24, 2.45) is 5.73 Å². The van der Waals surface area contributed by atoms with Crippen molar-refractivity contribution in [2.45, 2.75) is 37.6 Å². The minimum absolute atomic E-state index is 0.176. The molecule has 4 heteroatoms. The topological polar surface area (TPSA) is 49.6 Å². The van der Waals surface area contributed by atoms with Gasteiger partial charge in [0.25, 0.3) is 0 Å². The molecule has 1 heterocycles. The van der Waals surface area contributed by atoms with Crippen LogP contribution in [0.1, 0.15) is 32.1 Å². The van der Waals surface area contributed by atoms with Gasteiger partial charge in [-0.2, -0.15) is 0 Å². The van der Waals surface area contributed by atoms with Crippen molar-refractivity contribution >= 4 is 17.3 Å². The smallest absolute Gasteiger partial charge is 0.228 e. The fourth-order valence-electron chi connectivity index (χ4n) is 3.42. The van der Waals surface area contributed by atoms with Gasteiger partial charge in [0.05, 0.1) is 11.4 Å². The van der Waals surface area contributed by atoms with Gasteiger partial charge in [-0.1, -0.05) is 25.0 Å². The van der Waals surface area contributed by atoms with Crippen LogP contribution >= 0.6 is 0 Å². The third kappa shape index (κ3) is 2.40. The number of rotatable bonds is 2. The van der Waals surface area contributed by atoms with Gasteiger partial charge in [0.2, 0.25) is 5.91 Å². The molecule has 0 aromatic heterocycles. The number of hydrogen-bond acceptors (Lipinski definition) is 3. The number of likely N-dealkylation sites (N-methyl/N-ethyl adjacent to an activating group) is 1.